The van der Waals surface area contributed by atoms with Crippen LogP contribution >= 0.6 is 11.6 Å². The number of hydrogen-bond donors (Lipinski definition) is 1. The van der Waals surface area contributed by atoms with Crippen LogP contribution in [0.15, 0.2) is 12.3 Å². The number of nitrogens with zero attached hydrogens (tertiary/aromatic N) is 2. The second-order valence-electron chi connectivity index (χ2n) is 4.47. The van der Waals surface area contributed by atoms with Crippen LogP contribution in [0.3, 0.4) is 0 Å². The lowest BCUT2D eigenvalue weighted by Gasteiger charge is -2.30. The van der Waals surface area contributed by atoms with Crippen LogP contribution in [0, 0.1) is 12.8 Å². The molecule has 1 fully saturated rings. The molecule has 0 radical (unpaired) electrons. The van der Waals surface area contributed by atoms with Gasteiger partial charge in [0.25, 0.3) is 0 Å². The van der Waals surface area contributed by atoms with E-state index in [1.165, 1.54) is 25.7 Å². The number of aryl methyl sites for hydroxylation is 1. The number of hydrogen-bond acceptors (Lipinski definition) is 3. The van der Waals surface area contributed by atoms with Gasteiger partial charge in [-0.15, -0.1) is 11.6 Å². The van der Waals surface area contributed by atoms with E-state index in [0.29, 0.717) is 12.0 Å². The Labute approximate surface area is 102 Å². The van der Waals surface area contributed by atoms with Crippen LogP contribution in [0.2, 0.25) is 0 Å². The molecule has 1 aromatic rings. The van der Waals surface area contributed by atoms with Crippen LogP contribution in [0.4, 0.5) is 5.95 Å². The molecule has 0 saturated heterocycles. The third-order valence-corrected chi connectivity index (χ3v) is 3.61. The standard InChI is InChI=1S/C12H18ClN3/c1-9-6-7-14-12(15-9)16-11-5-3-2-4-10(11)8-13/h6-7,10-11H,2-5,8H2,1H3,(H,14,15,16). The lowest BCUT2D eigenvalue weighted by atomic mass is 9.86. The van der Waals surface area contributed by atoms with E-state index in [1.807, 2.05) is 13.0 Å². The van der Waals surface area contributed by atoms with Crippen molar-refractivity contribution >= 4 is 17.5 Å². The van der Waals surface area contributed by atoms with Gasteiger partial charge in [-0.25, -0.2) is 9.97 Å². The van der Waals surface area contributed by atoms with Gasteiger partial charge in [-0.3, -0.25) is 0 Å². The van der Waals surface area contributed by atoms with Gasteiger partial charge >= 0.3 is 0 Å². The molecule has 0 amide bonds. The second kappa shape index (κ2) is 5.48. The largest absolute Gasteiger partial charge is 0.351 e. The highest BCUT2D eigenvalue weighted by Crippen LogP contribution is 2.27. The SMILES string of the molecule is Cc1ccnc(NC2CCCCC2CCl)n1. The van der Waals surface area contributed by atoms with Crippen molar-refractivity contribution < 1.29 is 0 Å². The minimum absolute atomic E-state index is 0.438. The monoisotopic (exact) mass is 239 g/mol. The first-order valence-electron chi connectivity index (χ1n) is 5.92. The van der Waals surface area contributed by atoms with Gasteiger partial charge in [0, 0.05) is 23.8 Å². The minimum atomic E-state index is 0.438. The summed E-state index contributed by atoms with van der Waals surface area (Å²) in [5, 5.41) is 3.42. The van der Waals surface area contributed by atoms with E-state index in [1.54, 1.807) is 6.20 Å². The third-order valence-electron chi connectivity index (χ3n) is 3.22. The predicted octanol–water partition coefficient (Wildman–Crippen LogP) is 2.99. The molecule has 1 aliphatic carbocycles. The summed E-state index contributed by atoms with van der Waals surface area (Å²) in [7, 11) is 0. The fraction of sp³-hybridized carbons (Fsp3) is 0.667. The van der Waals surface area contributed by atoms with Gasteiger partial charge in [0.15, 0.2) is 0 Å². The summed E-state index contributed by atoms with van der Waals surface area (Å²) in [6, 6.07) is 2.35. The molecular formula is C12H18ClN3. The topological polar surface area (TPSA) is 37.8 Å². The maximum atomic E-state index is 5.99. The van der Waals surface area contributed by atoms with Crippen LogP contribution in [0.5, 0.6) is 0 Å². The van der Waals surface area contributed by atoms with Gasteiger partial charge in [-0.05, 0) is 31.7 Å². The summed E-state index contributed by atoms with van der Waals surface area (Å²) in [5.41, 5.74) is 0.996. The first-order chi connectivity index (χ1) is 7.79. The molecule has 2 rings (SSSR count). The number of halogens is 1. The second-order valence-corrected chi connectivity index (χ2v) is 4.78. The van der Waals surface area contributed by atoms with Gasteiger partial charge in [-0.2, -0.15) is 0 Å². The fourth-order valence-corrected chi connectivity index (χ4v) is 2.64. The fourth-order valence-electron chi connectivity index (χ4n) is 2.27. The van der Waals surface area contributed by atoms with E-state index in [2.05, 4.69) is 15.3 Å². The number of rotatable bonds is 3. The molecule has 16 heavy (non-hydrogen) atoms. The van der Waals surface area contributed by atoms with E-state index < -0.39 is 0 Å². The summed E-state index contributed by atoms with van der Waals surface area (Å²) < 4.78 is 0. The molecule has 1 aliphatic rings. The Morgan fingerprint density at radius 2 is 2.25 bits per heavy atom. The Morgan fingerprint density at radius 1 is 1.44 bits per heavy atom. The van der Waals surface area contributed by atoms with Crippen LogP contribution in [0.1, 0.15) is 31.4 Å². The molecule has 1 N–H and O–H groups in total. The van der Waals surface area contributed by atoms with Crippen LogP contribution in [0.25, 0.3) is 0 Å². The molecule has 1 saturated carbocycles. The highest BCUT2D eigenvalue weighted by molar-refractivity contribution is 6.18. The lowest BCUT2D eigenvalue weighted by molar-refractivity contribution is 0.352. The van der Waals surface area contributed by atoms with Gasteiger partial charge in [0.05, 0.1) is 0 Å². The predicted molar refractivity (Wildman–Crippen MR) is 66.9 cm³/mol. The summed E-state index contributed by atoms with van der Waals surface area (Å²) in [6.07, 6.45) is 6.76. The molecule has 0 bridgehead atoms. The van der Waals surface area contributed by atoms with Gasteiger partial charge < -0.3 is 5.32 Å². The molecule has 1 aromatic heterocycles. The average molecular weight is 240 g/mol. The molecule has 4 heteroatoms. The third kappa shape index (κ3) is 2.85. The van der Waals surface area contributed by atoms with Crippen molar-refractivity contribution in [1.29, 1.82) is 0 Å². The first kappa shape index (κ1) is 11.6. The van der Waals surface area contributed by atoms with Crippen molar-refractivity contribution in [3.8, 4) is 0 Å². The smallest absolute Gasteiger partial charge is 0.223 e. The molecule has 2 unspecified atom stereocenters. The van der Waals surface area contributed by atoms with Crippen molar-refractivity contribution in [1.82, 2.24) is 9.97 Å². The highest BCUT2D eigenvalue weighted by Gasteiger charge is 2.24. The molecular weight excluding hydrogens is 222 g/mol. The molecule has 0 aliphatic heterocycles. The summed E-state index contributed by atoms with van der Waals surface area (Å²) in [6.45, 7) is 1.98. The zero-order valence-corrected chi connectivity index (χ0v) is 10.4. The normalized spacial score (nSPS) is 25.4. The van der Waals surface area contributed by atoms with Crippen molar-refractivity contribution in [3.63, 3.8) is 0 Å². The highest BCUT2D eigenvalue weighted by atomic mass is 35.5. The number of aromatic nitrogens is 2. The van der Waals surface area contributed by atoms with E-state index in [4.69, 9.17) is 11.6 Å². The van der Waals surface area contributed by atoms with E-state index in [0.717, 1.165) is 17.5 Å². The van der Waals surface area contributed by atoms with Crippen LogP contribution in [-0.4, -0.2) is 21.9 Å². The van der Waals surface area contributed by atoms with Crippen molar-refractivity contribution in [2.45, 2.75) is 38.6 Å². The molecule has 0 aromatic carbocycles. The number of anilines is 1. The van der Waals surface area contributed by atoms with E-state index in [9.17, 15) is 0 Å². The van der Waals surface area contributed by atoms with Gasteiger partial charge in [0.1, 0.15) is 0 Å². The number of nitrogens with one attached hydrogen (secondary N) is 1. The molecule has 88 valence electrons. The summed E-state index contributed by atoms with van der Waals surface area (Å²) in [4.78, 5) is 8.61. The molecule has 2 atom stereocenters. The Balaban J connectivity index is 2.02. The summed E-state index contributed by atoms with van der Waals surface area (Å²) >= 11 is 5.99. The quantitative estimate of drug-likeness (QED) is 0.824. The van der Waals surface area contributed by atoms with Gasteiger partial charge in [0.2, 0.25) is 5.95 Å². The van der Waals surface area contributed by atoms with Crippen LogP contribution in [-0.2, 0) is 0 Å². The Morgan fingerprint density at radius 3 is 3.00 bits per heavy atom. The number of alkyl halides is 1. The first-order valence-corrected chi connectivity index (χ1v) is 6.45. The van der Waals surface area contributed by atoms with Gasteiger partial charge in [-0.1, -0.05) is 12.8 Å². The zero-order valence-electron chi connectivity index (χ0n) is 9.62. The Kier molecular flexibility index (Phi) is 3.99. The van der Waals surface area contributed by atoms with Crippen molar-refractivity contribution in [3.05, 3.63) is 18.0 Å². The summed E-state index contributed by atoms with van der Waals surface area (Å²) in [5.74, 6) is 2.02. The van der Waals surface area contributed by atoms with E-state index in [-0.39, 0.29) is 0 Å². The van der Waals surface area contributed by atoms with Crippen molar-refractivity contribution in [2.75, 3.05) is 11.2 Å². The maximum Gasteiger partial charge on any atom is 0.223 e. The van der Waals surface area contributed by atoms with E-state index >= 15 is 0 Å². The zero-order chi connectivity index (χ0) is 11.4. The minimum Gasteiger partial charge on any atom is -0.351 e. The molecule has 3 nitrogen and oxygen atoms in total. The average Bonchev–Trinajstić information content (AvgIpc) is 2.30. The molecule has 0 spiro atoms. The van der Waals surface area contributed by atoms with Crippen LogP contribution < -0.4 is 5.32 Å². The lowest BCUT2D eigenvalue weighted by Crippen LogP contribution is -2.33. The maximum absolute atomic E-state index is 5.99. The molecule has 1 heterocycles. The Bertz CT molecular complexity index is 343. The van der Waals surface area contributed by atoms with Crippen molar-refractivity contribution in [2.24, 2.45) is 5.92 Å². The Hall–Kier alpha value is -0.830.